The minimum Gasteiger partial charge on any atom is -0.450 e. The molecule has 0 aliphatic rings. The molecule has 1 aromatic heterocycles. The molecule has 0 aliphatic heterocycles. The van der Waals surface area contributed by atoms with Crippen LogP contribution in [0.2, 0.25) is 5.02 Å². The number of anilines is 1. The van der Waals surface area contributed by atoms with E-state index in [9.17, 15) is 10.1 Å². The monoisotopic (exact) mass is 293 g/mol. The van der Waals surface area contributed by atoms with Gasteiger partial charge in [0.25, 0.3) is 0 Å². The maximum Gasteiger partial charge on any atom is 0.311 e. The van der Waals surface area contributed by atoms with Crippen molar-refractivity contribution in [2.45, 2.75) is 6.92 Å². The number of aromatic nitrogens is 1. The zero-order chi connectivity index (χ0) is 14.5. The highest BCUT2D eigenvalue weighted by atomic mass is 35.5. The van der Waals surface area contributed by atoms with Crippen molar-refractivity contribution >= 4 is 23.1 Å². The van der Waals surface area contributed by atoms with Gasteiger partial charge in [-0.2, -0.15) is 0 Å². The van der Waals surface area contributed by atoms with Crippen LogP contribution in [-0.2, 0) is 0 Å². The first-order valence-corrected chi connectivity index (χ1v) is 6.29. The van der Waals surface area contributed by atoms with Crippen LogP contribution in [0.25, 0.3) is 0 Å². The van der Waals surface area contributed by atoms with Gasteiger partial charge in [0.2, 0.25) is 5.75 Å². The molecule has 2 rings (SSSR count). The lowest BCUT2D eigenvalue weighted by molar-refractivity contribution is -0.385. The van der Waals surface area contributed by atoms with Crippen LogP contribution in [0, 0.1) is 10.1 Å². The molecule has 0 bridgehead atoms. The van der Waals surface area contributed by atoms with Crippen LogP contribution in [0.15, 0.2) is 36.5 Å². The molecular formula is C13H12ClN3O3. The minimum absolute atomic E-state index is 0.0937. The van der Waals surface area contributed by atoms with Gasteiger partial charge in [-0.1, -0.05) is 11.6 Å². The number of nitro groups is 1. The van der Waals surface area contributed by atoms with Gasteiger partial charge in [-0.15, -0.1) is 0 Å². The predicted molar refractivity (Wildman–Crippen MR) is 76.6 cm³/mol. The van der Waals surface area contributed by atoms with E-state index in [2.05, 4.69) is 10.3 Å². The van der Waals surface area contributed by atoms with E-state index in [0.29, 0.717) is 23.1 Å². The maximum absolute atomic E-state index is 11.0. The average Bonchev–Trinajstić information content (AvgIpc) is 2.39. The lowest BCUT2D eigenvalue weighted by Gasteiger charge is -2.08. The van der Waals surface area contributed by atoms with Crippen LogP contribution in [-0.4, -0.2) is 16.5 Å². The van der Waals surface area contributed by atoms with E-state index in [0.717, 1.165) is 0 Å². The summed E-state index contributed by atoms with van der Waals surface area (Å²) < 4.78 is 5.53. The van der Waals surface area contributed by atoms with Gasteiger partial charge >= 0.3 is 5.69 Å². The zero-order valence-corrected chi connectivity index (χ0v) is 11.4. The van der Waals surface area contributed by atoms with E-state index in [1.165, 1.54) is 18.2 Å². The molecule has 20 heavy (non-hydrogen) atoms. The normalized spacial score (nSPS) is 10.1. The van der Waals surface area contributed by atoms with Gasteiger partial charge in [0.05, 0.1) is 4.92 Å². The van der Waals surface area contributed by atoms with Crippen molar-refractivity contribution in [3.63, 3.8) is 0 Å². The second-order valence-electron chi connectivity index (χ2n) is 3.88. The smallest absolute Gasteiger partial charge is 0.311 e. The standard InChI is InChI=1S/C13H12ClN3O3/c1-2-15-13-8-10(5-6-16-13)20-12-7-9(14)3-4-11(12)17(18)19/h3-8H,2H2,1H3,(H,15,16). The summed E-state index contributed by atoms with van der Waals surface area (Å²) in [6, 6.07) is 7.44. The van der Waals surface area contributed by atoms with Crippen molar-refractivity contribution in [1.29, 1.82) is 0 Å². The molecule has 7 heteroatoms. The molecule has 0 unspecified atom stereocenters. The van der Waals surface area contributed by atoms with Crippen molar-refractivity contribution in [2.24, 2.45) is 0 Å². The van der Waals surface area contributed by atoms with Gasteiger partial charge in [-0.3, -0.25) is 10.1 Å². The van der Waals surface area contributed by atoms with Gasteiger partial charge in [-0.05, 0) is 19.1 Å². The zero-order valence-electron chi connectivity index (χ0n) is 10.7. The van der Waals surface area contributed by atoms with E-state index in [4.69, 9.17) is 16.3 Å². The number of ether oxygens (including phenoxy) is 1. The number of nitro benzene ring substituents is 1. The number of benzene rings is 1. The Kier molecular flexibility index (Phi) is 4.37. The third-order valence-corrected chi connectivity index (χ3v) is 2.67. The lowest BCUT2D eigenvalue weighted by atomic mass is 10.3. The van der Waals surface area contributed by atoms with E-state index in [1.54, 1.807) is 18.3 Å². The minimum atomic E-state index is -0.516. The number of nitrogens with one attached hydrogen (secondary N) is 1. The number of nitrogens with zero attached hydrogens (tertiary/aromatic N) is 2. The third-order valence-electron chi connectivity index (χ3n) is 2.44. The van der Waals surface area contributed by atoms with Crippen LogP contribution in [0.5, 0.6) is 11.5 Å². The molecule has 0 spiro atoms. The van der Waals surface area contributed by atoms with Crippen molar-refractivity contribution in [1.82, 2.24) is 4.98 Å². The summed E-state index contributed by atoms with van der Waals surface area (Å²) in [5, 5.41) is 14.3. The van der Waals surface area contributed by atoms with Crippen LogP contribution >= 0.6 is 11.6 Å². The first kappa shape index (κ1) is 14.1. The van der Waals surface area contributed by atoms with E-state index >= 15 is 0 Å². The predicted octanol–water partition coefficient (Wildman–Crippen LogP) is 3.87. The lowest BCUT2D eigenvalue weighted by Crippen LogP contribution is -1.99. The topological polar surface area (TPSA) is 77.3 Å². The summed E-state index contributed by atoms with van der Waals surface area (Å²) in [4.78, 5) is 14.5. The molecule has 0 fully saturated rings. The molecule has 0 aliphatic carbocycles. The molecule has 104 valence electrons. The molecule has 0 radical (unpaired) electrons. The summed E-state index contributed by atoms with van der Waals surface area (Å²) in [5.41, 5.74) is -0.142. The van der Waals surface area contributed by atoms with Crippen molar-refractivity contribution in [3.05, 3.63) is 51.7 Å². The van der Waals surface area contributed by atoms with Gasteiger partial charge < -0.3 is 10.1 Å². The first-order valence-electron chi connectivity index (χ1n) is 5.92. The Hall–Kier alpha value is -2.34. The molecule has 0 atom stereocenters. The summed E-state index contributed by atoms with van der Waals surface area (Å²) >= 11 is 5.84. The molecule has 0 amide bonds. The van der Waals surface area contributed by atoms with Gasteiger partial charge in [0.15, 0.2) is 0 Å². The van der Waals surface area contributed by atoms with Gasteiger partial charge in [0.1, 0.15) is 11.6 Å². The molecule has 0 saturated heterocycles. The molecule has 1 heterocycles. The van der Waals surface area contributed by atoms with E-state index in [-0.39, 0.29) is 11.4 Å². The average molecular weight is 294 g/mol. The van der Waals surface area contributed by atoms with Crippen molar-refractivity contribution in [2.75, 3.05) is 11.9 Å². The summed E-state index contributed by atoms with van der Waals surface area (Å²) in [5.74, 6) is 1.17. The number of hydrogen-bond donors (Lipinski definition) is 1. The Labute approximate surface area is 120 Å². The number of hydrogen-bond acceptors (Lipinski definition) is 5. The maximum atomic E-state index is 11.0. The summed E-state index contributed by atoms with van der Waals surface area (Å²) in [6.07, 6.45) is 1.56. The number of pyridine rings is 1. The Balaban J connectivity index is 2.31. The quantitative estimate of drug-likeness (QED) is 0.669. The van der Waals surface area contributed by atoms with Gasteiger partial charge in [-0.25, -0.2) is 4.98 Å². The van der Waals surface area contributed by atoms with Crippen molar-refractivity contribution < 1.29 is 9.66 Å². The van der Waals surface area contributed by atoms with Crippen LogP contribution in [0.3, 0.4) is 0 Å². The number of rotatable bonds is 5. The second kappa shape index (κ2) is 6.21. The molecule has 0 saturated carbocycles. The summed E-state index contributed by atoms with van der Waals surface area (Å²) in [6.45, 7) is 2.66. The van der Waals surface area contributed by atoms with Crippen LogP contribution in [0.4, 0.5) is 11.5 Å². The van der Waals surface area contributed by atoms with Crippen LogP contribution in [0.1, 0.15) is 6.92 Å². The van der Waals surface area contributed by atoms with E-state index in [1.807, 2.05) is 6.92 Å². The highest BCUT2D eigenvalue weighted by Crippen LogP contribution is 2.34. The van der Waals surface area contributed by atoms with Crippen molar-refractivity contribution in [3.8, 4) is 11.5 Å². The molecule has 1 aromatic carbocycles. The first-order chi connectivity index (χ1) is 9.60. The molecular weight excluding hydrogens is 282 g/mol. The number of halogens is 1. The molecule has 6 nitrogen and oxygen atoms in total. The Morgan fingerprint density at radius 3 is 2.90 bits per heavy atom. The molecule has 2 aromatic rings. The summed E-state index contributed by atoms with van der Waals surface area (Å²) in [7, 11) is 0. The Morgan fingerprint density at radius 1 is 1.40 bits per heavy atom. The Morgan fingerprint density at radius 2 is 2.20 bits per heavy atom. The highest BCUT2D eigenvalue weighted by molar-refractivity contribution is 6.30. The third kappa shape index (κ3) is 3.36. The fraction of sp³-hybridized carbons (Fsp3) is 0.154. The second-order valence-corrected chi connectivity index (χ2v) is 4.31. The van der Waals surface area contributed by atoms with E-state index < -0.39 is 4.92 Å². The fourth-order valence-corrected chi connectivity index (χ4v) is 1.76. The fourth-order valence-electron chi connectivity index (χ4n) is 1.60. The Bertz CT molecular complexity index is 634. The highest BCUT2D eigenvalue weighted by Gasteiger charge is 2.16. The van der Waals surface area contributed by atoms with Crippen LogP contribution < -0.4 is 10.1 Å². The SMILES string of the molecule is CCNc1cc(Oc2cc(Cl)ccc2[N+](=O)[O-])ccn1. The van der Waals surface area contributed by atoms with Gasteiger partial charge in [0, 0.05) is 36.0 Å². The largest absolute Gasteiger partial charge is 0.450 e. The molecule has 1 N–H and O–H groups in total.